The summed E-state index contributed by atoms with van der Waals surface area (Å²) in [5.74, 6) is 0.0620. The van der Waals surface area contributed by atoms with Crippen LogP contribution in [0, 0.1) is 6.92 Å². The Bertz CT molecular complexity index is 750. The number of amides is 1. The van der Waals surface area contributed by atoms with Crippen molar-refractivity contribution in [2.45, 2.75) is 51.7 Å². The van der Waals surface area contributed by atoms with Gasteiger partial charge in [-0.05, 0) is 38.8 Å². The van der Waals surface area contributed by atoms with Gasteiger partial charge in [0.1, 0.15) is 0 Å². The highest BCUT2D eigenvalue weighted by Gasteiger charge is 2.27. The Kier molecular flexibility index (Phi) is 5.11. The monoisotopic (exact) mass is 343 g/mol. The maximum Gasteiger partial charge on any atom is 0.307 e. The van der Waals surface area contributed by atoms with Gasteiger partial charge in [0.25, 0.3) is 5.91 Å². The number of carbonyl (C=O) groups excluding carboxylic acids is 2. The molecular weight excluding hydrogens is 322 g/mol. The predicted octanol–water partition coefficient (Wildman–Crippen LogP) is 2.19. The van der Waals surface area contributed by atoms with E-state index in [0.717, 1.165) is 24.0 Å². The van der Waals surface area contributed by atoms with Crippen molar-refractivity contribution >= 4 is 11.9 Å². The lowest BCUT2D eigenvalue weighted by Crippen LogP contribution is -2.37. The van der Waals surface area contributed by atoms with Gasteiger partial charge in [-0.3, -0.25) is 9.59 Å². The second kappa shape index (κ2) is 7.46. The quantitative estimate of drug-likeness (QED) is 0.775. The summed E-state index contributed by atoms with van der Waals surface area (Å²) in [7, 11) is 0. The van der Waals surface area contributed by atoms with Crippen LogP contribution >= 0.6 is 0 Å². The third-order valence-corrected chi connectivity index (χ3v) is 3.91. The minimum atomic E-state index is -0.793. The van der Waals surface area contributed by atoms with Crippen LogP contribution in [0.15, 0.2) is 28.7 Å². The fourth-order valence-electron chi connectivity index (χ4n) is 2.23. The molecule has 1 fully saturated rings. The fourth-order valence-corrected chi connectivity index (χ4v) is 2.23. The van der Waals surface area contributed by atoms with Gasteiger partial charge >= 0.3 is 5.97 Å². The van der Waals surface area contributed by atoms with Gasteiger partial charge in [-0.1, -0.05) is 17.7 Å². The first-order valence-corrected chi connectivity index (χ1v) is 8.40. The van der Waals surface area contributed by atoms with Gasteiger partial charge in [0, 0.05) is 18.0 Å². The lowest BCUT2D eigenvalue weighted by atomic mass is 10.1. The van der Waals surface area contributed by atoms with Crippen LogP contribution < -0.4 is 5.32 Å². The molecule has 1 aromatic carbocycles. The number of ether oxygens (including phenoxy) is 1. The van der Waals surface area contributed by atoms with Crippen molar-refractivity contribution in [3.63, 3.8) is 0 Å². The first-order chi connectivity index (χ1) is 12.0. The predicted molar refractivity (Wildman–Crippen MR) is 89.5 cm³/mol. The molecule has 0 spiro atoms. The van der Waals surface area contributed by atoms with Gasteiger partial charge in [-0.2, -0.15) is 0 Å². The molecule has 0 saturated heterocycles. The normalized spacial score (nSPS) is 14.8. The Labute approximate surface area is 145 Å². The molecule has 7 heteroatoms. The number of aryl methyl sites for hydroxylation is 2. The van der Waals surface area contributed by atoms with Crippen LogP contribution in [0.4, 0.5) is 0 Å². The van der Waals surface area contributed by atoms with Crippen molar-refractivity contribution in [1.29, 1.82) is 0 Å². The highest BCUT2D eigenvalue weighted by atomic mass is 16.5. The standard InChI is InChI=1S/C18H21N3O4/c1-11-3-5-13(6-4-11)18-21-20-15(25-18)9-10-16(22)24-12(2)17(23)19-14-7-8-14/h3-6,12,14H,7-10H2,1-2H3,(H,19,23)/t12-/m0/s1. The molecule has 1 aliphatic carbocycles. The summed E-state index contributed by atoms with van der Waals surface area (Å²) in [5, 5.41) is 10.7. The number of benzene rings is 1. The Morgan fingerprint density at radius 2 is 2.00 bits per heavy atom. The van der Waals surface area contributed by atoms with Crippen LogP contribution in [-0.2, 0) is 20.7 Å². The van der Waals surface area contributed by atoms with Crippen LogP contribution in [0.25, 0.3) is 11.5 Å². The molecule has 3 rings (SSSR count). The average molecular weight is 343 g/mol. The van der Waals surface area contributed by atoms with Gasteiger partial charge in [-0.15, -0.1) is 10.2 Å². The van der Waals surface area contributed by atoms with Crippen LogP contribution in [0.2, 0.25) is 0 Å². The first kappa shape index (κ1) is 17.1. The SMILES string of the molecule is Cc1ccc(-c2nnc(CCC(=O)O[C@@H](C)C(=O)NC3CC3)o2)cc1. The topological polar surface area (TPSA) is 94.3 Å². The van der Waals surface area contributed by atoms with E-state index < -0.39 is 12.1 Å². The highest BCUT2D eigenvalue weighted by molar-refractivity contribution is 5.83. The van der Waals surface area contributed by atoms with Gasteiger partial charge in [0.05, 0.1) is 6.42 Å². The molecule has 1 aliphatic rings. The molecule has 2 aromatic rings. The second-order valence-corrected chi connectivity index (χ2v) is 6.28. The zero-order valence-corrected chi connectivity index (χ0v) is 14.3. The molecule has 1 N–H and O–H groups in total. The van der Waals surface area contributed by atoms with E-state index in [-0.39, 0.29) is 24.8 Å². The lowest BCUT2D eigenvalue weighted by Gasteiger charge is -2.12. The second-order valence-electron chi connectivity index (χ2n) is 6.28. The molecule has 0 bridgehead atoms. The number of aromatic nitrogens is 2. The molecule has 25 heavy (non-hydrogen) atoms. The summed E-state index contributed by atoms with van der Waals surface area (Å²) in [6, 6.07) is 7.98. The number of nitrogens with one attached hydrogen (secondary N) is 1. The third-order valence-electron chi connectivity index (χ3n) is 3.91. The molecule has 1 saturated carbocycles. The molecular formula is C18H21N3O4. The third kappa shape index (κ3) is 4.89. The smallest absolute Gasteiger partial charge is 0.307 e. The summed E-state index contributed by atoms with van der Waals surface area (Å²) in [4.78, 5) is 23.6. The minimum Gasteiger partial charge on any atom is -0.453 e. The van der Waals surface area contributed by atoms with E-state index in [1.54, 1.807) is 6.92 Å². The molecule has 0 aliphatic heterocycles. The maximum atomic E-state index is 11.9. The summed E-state index contributed by atoms with van der Waals surface area (Å²) in [5.41, 5.74) is 1.98. The van der Waals surface area contributed by atoms with E-state index in [0.29, 0.717) is 11.8 Å². The van der Waals surface area contributed by atoms with Crippen molar-refractivity contribution in [3.05, 3.63) is 35.7 Å². The molecule has 0 radical (unpaired) electrons. The molecule has 0 unspecified atom stereocenters. The zero-order chi connectivity index (χ0) is 17.8. The van der Waals surface area contributed by atoms with E-state index in [2.05, 4.69) is 15.5 Å². The van der Waals surface area contributed by atoms with Gasteiger partial charge in [0.2, 0.25) is 11.8 Å². The highest BCUT2D eigenvalue weighted by Crippen LogP contribution is 2.20. The van der Waals surface area contributed by atoms with Gasteiger partial charge < -0.3 is 14.5 Å². The average Bonchev–Trinajstić information content (AvgIpc) is 3.28. The zero-order valence-electron chi connectivity index (χ0n) is 14.3. The molecule has 1 heterocycles. The van der Waals surface area contributed by atoms with E-state index in [4.69, 9.17) is 9.15 Å². The Balaban J connectivity index is 1.47. The van der Waals surface area contributed by atoms with Gasteiger partial charge in [-0.25, -0.2) is 0 Å². The van der Waals surface area contributed by atoms with Crippen molar-refractivity contribution in [3.8, 4) is 11.5 Å². The van der Waals surface area contributed by atoms with Crippen molar-refractivity contribution < 1.29 is 18.7 Å². The summed E-state index contributed by atoms with van der Waals surface area (Å²) >= 11 is 0. The summed E-state index contributed by atoms with van der Waals surface area (Å²) < 4.78 is 10.7. The van der Waals surface area contributed by atoms with Crippen LogP contribution in [0.1, 0.15) is 37.6 Å². The van der Waals surface area contributed by atoms with Crippen LogP contribution in [0.3, 0.4) is 0 Å². The molecule has 1 amide bonds. The Hall–Kier alpha value is -2.70. The fraction of sp³-hybridized carbons (Fsp3) is 0.444. The van der Waals surface area contributed by atoms with Crippen molar-refractivity contribution in [2.75, 3.05) is 0 Å². The number of hydrogen-bond acceptors (Lipinski definition) is 6. The van der Waals surface area contributed by atoms with E-state index >= 15 is 0 Å². The van der Waals surface area contributed by atoms with Crippen LogP contribution in [-0.4, -0.2) is 34.2 Å². The van der Waals surface area contributed by atoms with Crippen molar-refractivity contribution in [2.24, 2.45) is 0 Å². The van der Waals surface area contributed by atoms with Crippen LogP contribution in [0.5, 0.6) is 0 Å². The number of carbonyl (C=O) groups is 2. The number of esters is 1. The number of hydrogen-bond donors (Lipinski definition) is 1. The summed E-state index contributed by atoms with van der Waals surface area (Å²) in [6.07, 6.45) is 1.55. The molecule has 7 nitrogen and oxygen atoms in total. The number of rotatable bonds is 7. The summed E-state index contributed by atoms with van der Waals surface area (Å²) in [6.45, 7) is 3.57. The minimum absolute atomic E-state index is 0.0799. The van der Waals surface area contributed by atoms with E-state index in [9.17, 15) is 9.59 Å². The molecule has 1 atom stereocenters. The van der Waals surface area contributed by atoms with Gasteiger partial charge in [0.15, 0.2) is 6.10 Å². The molecule has 1 aromatic heterocycles. The Morgan fingerprint density at radius 3 is 2.68 bits per heavy atom. The first-order valence-electron chi connectivity index (χ1n) is 8.40. The van der Waals surface area contributed by atoms with E-state index in [1.807, 2.05) is 31.2 Å². The molecule has 132 valence electrons. The number of nitrogens with zero attached hydrogens (tertiary/aromatic N) is 2. The largest absolute Gasteiger partial charge is 0.453 e. The van der Waals surface area contributed by atoms with Crippen molar-refractivity contribution in [1.82, 2.24) is 15.5 Å². The maximum absolute atomic E-state index is 11.9. The van der Waals surface area contributed by atoms with E-state index in [1.165, 1.54) is 0 Å². The lowest BCUT2D eigenvalue weighted by molar-refractivity contribution is -0.154. The Morgan fingerprint density at radius 1 is 1.28 bits per heavy atom.